The summed E-state index contributed by atoms with van der Waals surface area (Å²) in [5.74, 6) is 0.715. The van der Waals surface area contributed by atoms with Crippen molar-refractivity contribution in [3.63, 3.8) is 0 Å². The lowest BCUT2D eigenvalue weighted by Crippen LogP contribution is -2.44. The zero-order valence-electron chi connectivity index (χ0n) is 16.9. The first kappa shape index (κ1) is 23.8. The van der Waals surface area contributed by atoms with Gasteiger partial charge in [-0.15, -0.1) is 35.3 Å². The van der Waals surface area contributed by atoms with E-state index >= 15 is 0 Å². The van der Waals surface area contributed by atoms with E-state index < -0.39 is 11.7 Å². The lowest BCUT2D eigenvalue weighted by Gasteiger charge is -2.19. The van der Waals surface area contributed by atoms with Crippen molar-refractivity contribution in [3.8, 4) is 0 Å². The summed E-state index contributed by atoms with van der Waals surface area (Å²) in [4.78, 5) is 12.0. The lowest BCUT2D eigenvalue weighted by atomic mass is 10.1. The number of hydrogen-bond acceptors (Lipinski definition) is 4. The maximum atomic E-state index is 12.7. The molecule has 0 amide bonds. The Kier molecular flexibility index (Phi) is 7.81. The minimum Gasteiger partial charge on any atom is -0.352 e. The molecule has 6 nitrogen and oxygen atoms in total. The van der Waals surface area contributed by atoms with Gasteiger partial charge < -0.3 is 10.6 Å². The fourth-order valence-electron chi connectivity index (χ4n) is 3.57. The number of thiazole rings is 1. The number of likely N-dealkylation sites (tertiary alicyclic amines) is 1. The summed E-state index contributed by atoms with van der Waals surface area (Å²) in [5, 5.41) is 8.71. The Hall–Kier alpha value is -1.86. The minimum absolute atomic E-state index is 0. The van der Waals surface area contributed by atoms with Gasteiger partial charge in [0, 0.05) is 50.5 Å². The molecule has 1 unspecified atom stereocenters. The lowest BCUT2D eigenvalue weighted by molar-refractivity contribution is -0.137. The first-order valence-electron chi connectivity index (χ1n) is 9.67. The summed E-state index contributed by atoms with van der Waals surface area (Å²) in [7, 11) is 1.73. The van der Waals surface area contributed by atoms with Gasteiger partial charge in [-0.05, 0) is 24.1 Å². The highest BCUT2D eigenvalue weighted by Crippen LogP contribution is 2.29. The topological polar surface area (TPSA) is 57.0 Å². The van der Waals surface area contributed by atoms with Gasteiger partial charge in [0.2, 0.25) is 0 Å². The van der Waals surface area contributed by atoms with Gasteiger partial charge in [0.1, 0.15) is 0 Å². The molecule has 168 valence electrons. The molecule has 3 heterocycles. The molecule has 31 heavy (non-hydrogen) atoms. The molecular formula is C20H24F3IN6S. The highest BCUT2D eigenvalue weighted by molar-refractivity contribution is 14.0. The van der Waals surface area contributed by atoms with E-state index in [1.54, 1.807) is 30.5 Å². The van der Waals surface area contributed by atoms with Crippen LogP contribution in [0.2, 0.25) is 0 Å². The number of imidazole rings is 1. The fourth-order valence-corrected chi connectivity index (χ4v) is 4.29. The SMILES string of the molecule is CN=C(NCc1cn2ccsc2n1)NC1CCN(Cc2ccc(C(F)(F)F)cc2)C1.I. The standard InChI is InChI=1S/C20H23F3N6S.HI/c1-24-18(25-10-17-13-29-8-9-30-19(29)27-17)26-16-6-7-28(12-16)11-14-2-4-15(5-3-14)20(21,22)23;/h2-5,8-9,13,16H,6-7,10-12H2,1H3,(H2,24,25,26);1H. The van der Waals surface area contributed by atoms with Crippen molar-refractivity contribution in [2.75, 3.05) is 20.1 Å². The molecule has 1 saturated heterocycles. The molecule has 1 atom stereocenters. The van der Waals surface area contributed by atoms with Crippen molar-refractivity contribution in [2.45, 2.75) is 31.7 Å². The average Bonchev–Trinajstić information content (AvgIpc) is 3.41. The van der Waals surface area contributed by atoms with Gasteiger partial charge in [0.25, 0.3) is 0 Å². The molecule has 4 rings (SSSR count). The molecule has 0 radical (unpaired) electrons. The molecule has 1 aliphatic heterocycles. The summed E-state index contributed by atoms with van der Waals surface area (Å²) >= 11 is 1.59. The third-order valence-electron chi connectivity index (χ3n) is 5.10. The van der Waals surface area contributed by atoms with Crippen LogP contribution in [0, 0.1) is 0 Å². The predicted molar refractivity (Wildman–Crippen MR) is 127 cm³/mol. The average molecular weight is 564 g/mol. The number of nitrogens with one attached hydrogen (secondary N) is 2. The van der Waals surface area contributed by atoms with E-state index in [0.29, 0.717) is 19.0 Å². The van der Waals surface area contributed by atoms with Crippen LogP contribution in [0.15, 0.2) is 47.0 Å². The van der Waals surface area contributed by atoms with Crippen molar-refractivity contribution in [2.24, 2.45) is 4.99 Å². The molecule has 0 spiro atoms. The number of hydrogen-bond donors (Lipinski definition) is 2. The van der Waals surface area contributed by atoms with Gasteiger partial charge in [-0.25, -0.2) is 4.98 Å². The molecule has 11 heteroatoms. The van der Waals surface area contributed by atoms with Gasteiger partial charge >= 0.3 is 6.18 Å². The quantitative estimate of drug-likeness (QED) is 0.280. The number of aromatic nitrogens is 2. The van der Waals surface area contributed by atoms with Crippen LogP contribution < -0.4 is 10.6 Å². The van der Waals surface area contributed by atoms with E-state index in [0.717, 1.165) is 47.9 Å². The second-order valence-electron chi connectivity index (χ2n) is 7.31. The third-order valence-corrected chi connectivity index (χ3v) is 5.88. The van der Waals surface area contributed by atoms with Crippen molar-refractivity contribution in [3.05, 3.63) is 58.9 Å². The largest absolute Gasteiger partial charge is 0.416 e. The maximum absolute atomic E-state index is 12.7. The Balaban J connectivity index is 0.00000272. The summed E-state index contributed by atoms with van der Waals surface area (Å²) in [6.07, 6.45) is 0.624. The summed E-state index contributed by atoms with van der Waals surface area (Å²) in [6, 6.07) is 5.63. The number of benzene rings is 1. The molecule has 0 bridgehead atoms. The van der Waals surface area contributed by atoms with Crippen LogP contribution in [0.25, 0.3) is 4.96 Å². The molecule has 1 aromatic carbocycles. The zero-order chi connectivity index (χ0) is 21.1. The Morgan fingerprint density at radius 2 is 2.06 bits per heavy atom. The summed E-state index contributed by atoms with van der Waals surface area (Å²) in [5.41, 5.74) is 1.21. The van der Waals surface area contributed by atoms with Crippen LogP contribution >= 0.6 is 35.3 Å². The van der Waals surface area contributed by atoms with E-state index in [2.05, 4.69) is 25.5 Å². The van der Waals surface area contributed by atoms with Crippen molar-refractivity contribution in [1.29, 1.82) is 0 Å². The van der Waals surface area contributed by atoms with Gasteiger partial charge in [-0.3, -0.25) is 14.3 Å². The van der Waals surface area contributed by atoms with E-state index in [1.807, 2.05) is 22.2 Å². The van der Waals surface area contributed by atoms with E-state index in [1.165, 1.54) is 0 Å². The van der Waals surface area contributed by atoms with E-state index in [-0.39, 0.29) is 30.0 Å². The Bertz CT molecular complexity index is 986. The number of alkyl halides is 3. The fraction of sp³-hybridized carbons (Fsp3) is 0.400. The first-order chi connectivity index (χ1) is 14.4. The van der Waals surface area contributed by atoms with Crippen LogP contribution in [0.5, 0.6) is 0 Å². The maximum Gasteiger partial charge on any atom is 0.416 e. The normalized spacial score (nSPS) is 17.7. The van der Waals surface area contributed by atoms with Gasteiger partial charge in [-0.2, -0.15) is 13.2 Å². The van der Waals surface area contributed by atoms with Crippen LogP contribution in [-0.2, 0) is 19.3 Å². The molecule has 3 aromatic rings. The van der Waals surface area contributed by atoms with E-state index in [9.17, 15) is 13.2 Å². The summed E-state index contributed by atoms with van der Waals surface area (Å²) in [6.45, 7) is 2.90. The second kappa shape index (κ2) is 10.2. The molecule has 1 fully saturated rings. The smallest absolute Gasteiger partial charge is 0.352 e. The monoisotopic (exact) mass is 564 g/mol. The van der Waals surface area contributed by atoms with Gasteiger partial charge in [0.15, 0.2) is 10.9 Å². The number of halogens is 4. The number of nitrogens with zero attached hydrogens (tertiary/aromatic N) is 4. The Morgan fingerprint density at radius 3 is 2.74 bits per heavy atom. The van der Waals surface area contributed by atoms with E-state index in [4.69, 9.17) is 0 Å². The van der Waals surface area contributed by atoms with Crippen molar-refractivity contribution < 1.29 is 13.2 Å². The molecule has 1 aliphatic rings. The Labute approximate surface area is 199 Å². The van der Waals surface area contributed by atoms with Crippen LogP contribution in [0.1, 0.15) is 23.2 Å². The predicted octanol–water partition coefficient (Wildman–Crippen LogP) is 3.97. The molecule has 2 aromatic heterocycles. The molecule has 0 aliphatic carbocycles. The third kappa shape index (κ3) is 6.10. The number of guanidine groups is 1. The zero-order valence-corrected chi connectivity index (χ0v) is 20.0. The number of rotatable bonds is 5. The molecule has 2 N–H and O–H groups in total. The molecule has 0 saturated carbocycles. The van der Waals surface area contributed by atoms with Crippen molar-refractivity contribution in [1.82, 2.24) is 24.9 Å². The second-order valence-corrected chi connectivity index (χ2v) is 8.18. The summed E-state index contributed by atoms with van der Waals surface area (Å²) < 4.78 is 40.1. The van der Waals surface area contributed by atoms with Crippen molar-refractivity contribution >= 4 is 46.2 Å². The van der Waals surface area contributed by atoms with Gasteiger partial charge in [0.05, 0.1) is 17.8 Å². The minimum atomic E-state index is -4.30. The number of fused-ring (bicyclic) bond motifs is 1. The van der Waals surface area contributed by atoms with Gasteiger partial charge in [-0.1, -0.05) is 12.1 Å². The molecular weight excluding hydrogens is 540 g/mol. The van der Waals surface area contributed by atoms with Crippen LogP contribution in [0.4, 0.5) is 13.2 Å². The number of aliphatic imine (C=N–C) groups is 1. The Morgan fingerprint density at radius 1 is 1.29 bits per heavy atom. The first-order valence-corrected chi connectivity index (χ1v) is 10.6. The van der Waals surface area contributed by atoms with Crippen LogP contribution in [0.3, 0.4) is 0 Å². The highest BCUT2D eigenvalue weighted by Gasteiger charge is 2.30. The van der Waals surface area contributed by atoms with Crippen LogP contribution in [-0.4, -0.2) is 46.4 Å². The highest BCUT2D eigenvalue weighted by atomic mass is 127.